The summed E-state index contributed by atoms with van der Waals surface area (Å²) in [5.74, 6) is -0.934. The van der Waals surface area contributed by atoms with Crippen LogP contribution in [0.2, 0.25) is 0 Å². The van der Waals surface area contributed by atoms with E-state index in [0.717, 1.165) is 109 Å². The lowest BCUT2D eigenvalue weighted by atomic mass is 10.1. The van der Waals surface area contributed by atoms with Crippen LogP contribution in [-0.2, 0) is 28.6 Å². The number of ether oxygens (including phenoxy) is 3. The van der Waals surface area contributed by atoms with Crippen LogP contribution in [0.5, 0.6) is 0 Å². The maximum absolute atomic E-state index is 12.9. The molecular weight excluding hydrogens is 877 g/mol. The van der Waals surface area contributed by atoms with Gasteiger partial charge in [-0.1, -0.05) is 234 Å². The summed E-state index contributed by atoms with van der Waals surface area (Å²) in [6.07, 6.45) is 78.2. The van der Waals surface area contributed by atoms with Crippen molar-refractivity contribution in [2.45, 2.75) is 284 Å². The quantitative estimate of drug-likeness (QED) is 0.0261. The Hall–Kier alpha value is -3.67. The van der Waals surface area contributed by atoms with Crippen LogP contribution in [-0.4, -0.2) is 37.2 Å². The molecule has 0 amide bonds. The Balaban J connectivity index is 4.47. The first-order valence-electron chi connectivity index (χ1n) is 29.7. The molecule has 0 aliphatic carbocycles. The standard InChI is InChI=1S/C65H110O6/c1-4-7-10-13-16-19-22-25-28-31-32-35-37-40-43-46-49-52-55-58-64(67)70-61-62(71-65(68)59-56-53-50-47-44-41-38-34-30-27-24-21-18-15-12-9-6-3)60-69-63(66)57-54-51-48-45-42-39-36-33-29-26-23-20-17-14-11-8-5-2/h7,10,16,18-19,21,25-30,32,35,40,43,62H,4-6,8-9,11-15,17,20,22-24,31,33-34,36-39,41-42,44-61H2,1-3H3/b10-7+,19-16+,21-18+,28-25+,29-26+,30-27+,35-32+,43-40+/t62-/m1/s1. The topological polar surface area (TPSA) is 78.9 Å². The van der Waals surface area contributed by atoms with Gasteiger partial charge in [0.1, 0.15) is 13.2 Å². The Bertz CT molecular complexity index is 1410. The summed E-state index contributed by atoms with van der Waals surface area (Å²) in [7, 11) is 0. The van der Waals surface area contributed by atoms with Crippen molar-refractivity contribution in [2.75, 3.05) is 13.2 Å². The van der Waals surface area contributed by atoms with Gasteiger partial charge in [-0.15, -0.1) is 0 Å². The number of unbranched alkanes of at least 4 members (excludes halogenated alkanes) is 26. The SMILES string of the molecule is CC/C=C/C/C=C/C/C=C/C/C=C/C/C=C/CCCCCC(=O)OC[C@@H](COC(=O)CCCCCCCCC/C=C/CCCCCCCC)OC(=O)CCCCCCCCC/C=C/C/C=C/CCCCC. The van der Waals surface area contributed by atoms with Gasteiger partial charge in [0.15, 0.2) is 6.10 Å². The number of esters is 3. The van der Waals surface area contributed by atoms with Crippen molar-refractivity contribution in [1.82, 2.24) is 0 Å². The highest BCUT2D eigenvalue weighted by Gasteiger charge is 2.19. The van der Waals surface area contributed by atoms with Crippen LogP contribution in [0.25, 0.3) is 0 Å². The van der Waals surface area contributed by atoms with Crippen molar-refractivity contribution >= 4 is 17.9 Å². The second kappa shape index (κ2) is 58.9. The number of allylic oxidation sites excluding steroid dienone is 16. The fourth-order valence-electron chi connectivity index (χ4n) is 8.08. The average molecular weight is 988 g/mol. The molecule has 71 heavy (non-hydrogen) atoms. The molecule has 0 unspecified atom stereocenters. The molecule has 0 saturated heterocycles. The number of hydrogen-bond acceptors (Lipinski definition) is 6. The molecule has 0 aliphatic rings. The second-order valence-corrected chi connectivity index (χ2v) is 19.5. The largest absolute Gasteiger partial charge is 0.462 e. The second-order valence-electron chi connectivity index (χ2n) is 19.5. The van der Waals surface area contributed by atoms with Crippen LogP contribution in [0.15, 0.2) is 97.2 Å². The first-order valence-corrected chi connectivity index (χ1v) is 29.7. The van der Waals surface area contributed by atoms with Gasteiger partial charge in [-0.05, 0) is 122 Å². The molecule has 1 atom stereocenters. The summed E-state index contributed by atoms with van der Waals surface area (Å²) >= 11 is 0. The van der Waals surface area contributed by atoms with E-state index in [1.165, 1.54) is 128 Å². The smallest absolute Gasteiger partial charge is 0.306 e. The fourth-order valence-corrected chi connectivity index (χ4v) is 8.08. The van der Waals surface area contributed by atoms with Crippen LogP contribution in [0.4, 0.5) is 0 Å². The van der Waals surface area contributed by atoms with Gasteiger partial charge in [0.2, 0.25) is 0 Å². The molecule has 0 aromatic heterocycles. The molecule has 6 heteroatoms. The van der Waals surface area contributed by atoms with Crippen molar-refractivity contribution in [2.24, 2.45) is 0 Å². The van der Waals surface area contributed by atoms with Crippen LogP contribution < -0.4 is 0 Å². The van der Waals surface area contributed by atoms with Gasteiger partial charge in [0.25, 0.3) is 0 Å². The molecular formula is C65H110O6. The molecule has 0 N–H and O–H groups in total. The van der Waals surface area contributed by atoms with Crippen molar-refractivity contribution < 1.29 is 28.6 Å². The number of carbonyl (C=O) groups is 3. The molecule has 0 aromatic carbocycles. The van der Waals surface area contributed by atoms with Crippen molar-refractivity contribution in [1.29, 1.82) is 0 Å². The van der Waals surface area contributed by atoms with E-state index in [-0.39, 0.29) is 31.1 Å². The first-order chi connectivity index (χ1) is 35.0. The lowest BCUT2D eigenvalue weighted by Gasteiger charge is -2.18. The van der Waals surface area contributed by atoms with Crippen LogP contribution in [0.3, 0.4) is 0 Å². The zero-order valence-electron chi connectivity index (χ0n) is 46.5. The molecule has 0 saturated carbocycles. The summed E-state index contributed by atoms with van der Waals surface area (Å²) < 4.78 is 16.9. The third kappa shape index (κ3) is 57.1. The maximum Gasteiger partial charge on any atom is 0.306 e. The van der Waals surface area contributed by atoms with E-state index in [2.05, 4.69) is 118 Å². The Morgan fingerprint density at radius 3 is 0.915 bits per heavy atom. The summed E-state index contributed by atoms with van der Waals surface area (Å²) in [4.78, 5) is 38.2. The van der Waals surface area contributed by atoms with Crippen LogP contribution >= 0.6 is 0 Å². The van der Waals surface area contributed by atoms with E-state index >= 15 is 0 Å². The van der Waals surface area contributed by atoms with Gasteiger partial charge in [0.05, 0.1) is 0 Å². The van der Waals surface area contributed by atoms with Crippen molar-refractivity contribution in [3.05, 3.63) is 97.2 Å². The number of rotatable bonds is 53. The van der Waals surface area contributed by atoms with Gasteiger partial charge < -0.3 is 14.2 Å². The van der Waals surface area contributed by atoms with Crippen LogP contribution in [0.1, 0.15) is 278 Å². The maximum atomic E-state index is 12.9. The molecule has 0 bridgehead atoms. The predicted molar refractivity (Wildman–Crippen MR) is 307 cm³/mol. The summed E-state index contributed by atoms with van der Waals surface area (Å²) in [6.45, 7) is 6.47. The van der Waals surface area contributed by atoms with Crippen LogP contribution in [0, 0.1) is 0 Å². The normalized spacial score (nSPS) is 12.8. The van der Waals surface area contributed by atoms with Gasteiger partial charge in [-0.25, -0.2) is 0 Å². The lowest BCUT2D eigenvalue weighted by molar-refractivity contribution is -0.167. The number of carbonyl (C=O) groups excluding carboxylic acids is 3. The molecule has 0 heterocycles. The third-order valence-corrected chi connectivity index (χ3v) is 12.5. The Morgan fingerprint density at radius 2 is 0.549 bits per heavy atom. The van der Waals surface area contributed by atoms with E-state index in [9.17, 15) is 14.4 Å². The van der Waals surface area contributed by atoms with Gasteiger partial charge >= 0.3 is 17.9 Å². The molecule has 0 fully saturated rings. The van der Waals surface area contributed by atoms with E-state index in [0.29, 0.717) is 19.3 Å². The molecule has 0 aromatic rings. The molecule has 0 spiro atoms. The minimum Gasteiger partial charge on any atom is -0.462 e. The third-order valence-electron chi connectivity index (χ3n) is 12.5. The van der Waals surface area contributed by atoms with Gasteiger partial charge in [-0.2, -0.15) is 0 Å². The van der Waals surface area contributed by atoms with Crippen molar-refractivity contribution in [3.8, 4) is 0 Å². The van der Waals surface area contributed by atoms with E-state index in [1.807, 2.05) is 0 Å². The first kappa shape index (κ1) is 67.3. The minimum absolute atomic E-state index is 0.0938. The van der Waals surface area contributed by atoms with E-state index in [4.69, 9.17) is 14.2 Å². The van der Waals surface area contributed by atoms with E-state index < -0.39 is 6.10 Å². The zero-order chi connectivity index (χ0) is 51.4. The molecule has 0 radical (unpaired) electrons. The highest BCUT2D eigenvalue weighted by molar-refractivity contribution is 5.71. The number of hydrogen-bond donors (Lipinski definition) is 0. The summed E-state index contributed by atoms with van der Waals surface area (Å²) in [6, 6.07) is 0. The van der Waals surface area contributed by atoms with Gasteiger partial charge in [0, 0.05) is 19.3 Å². The van der Waals surface area contributed by atoms with Crippen molar-refractivity contribution in [3.63, 3.8) is 0 Å². The minimum atomic E-state index is -0.799. The molecule has 6 nitrogen and oxygen atoms in total. The monoisotopic (exact) mass is 987 g/mol. The molecule has 0 rings (SSSR count). The Kier molecular flexibility index (Phi) is 55.9. The molecule has 406 valence electrons. The van der Waals surface area contributed by atoms with Gasteiger partial charge in [-0.3, -0.25) is 14.4 Å². The zero-order valence-corrected chi connectivity index (χ0v) is 46.5. The molecule has 0 aliphatic heterocycles. The lowest BCUT2D eigenvalue weighted by Crippen LogP contribution is -2.30. The fraction of sp³-hybridized carbons (Fsp3) is 0.708. The highest BCUT2D eigenvalue weighted by atomic mass is 16.6. The Morgan fingerprint density at radius 1 is 0.296 bits per heavy atom. The van der Waals surface area contributed by atoms with E-state index in [1.54, 1.807) is 0 Å². The average Bonchev–Trinajstić information content (AvgIpc) is 3.37. The predicted octanol–water partition coefficient (Wildman–Crippen LogP) is 20.1. The summed E-state index contributed by atoms with van der Waals surface area (Å²) in [5, 5.41) is 0. The Labute approximate surface area is 438 Å². The highest BCUT2D eigenvalue weighted by Crippen LogP contribution is 2.15. The summed E-state index contributed by atoms with van der Waals surface area (Å²) in [5.41, 5.74) is 0.